The number of hydrogen-bond donors (Lipinski definition) is 1. The van der Waals surface area contributed by atoms with Crippen LogP contribution in [0.5, 0.6) is 0 Å². The second kappa shape index (κ2) is 2.93. The quantitative estimate of drug-likeness (QED) is 0.620. The average Bonchev–Trinajstić information content (AvgIpc) is 2.72. The second-order valence-corrected chi connectivity index (χ2v) is 6.81. The van der Waals surface area contributed by atoms with Gasteiger partial charge in [-0.25, -0.2) is 0 Å². The SMILES string of the molecule is CC1=C[C@]2(C)[C@H](O)C[C@H]3[C@H](C)CC[C@@]32[C@@H]1C. The van der Waals surface area contributed by atoms with Crippen molar-refractivity contribution < 1.29 is 5.11 Å². The van der Waals surface area contributed by atoms with Crippen LogP contribution in [0.2, 0.25) is 0 Å². The molecule has 0 amide bonds. The van der Waals surface area contributed by atoms with E-state index in [-0.39, 0.29) is 11.5 Å². The van der Waals surface area contributed by atoms with Gasteiger partial charge in [-0.05, 0) is 49.4 Å². The number of hydrogen-bond acceptors (Lipinski definition) is 1. The molecule has 1 heteroatoms. The Balaban J connectivity index is 2.15. The molecule has 0 radical (unpaired) electrons. The number of allylic oxidation sites excluding steroid dienone is 1. The average molecular weight is 220 g/mol. The van der Waals surface area contributed by atoms with Gasteiger partial charge >= 0.3 is 0 Å². The predicted octanol–water partition coefficient (Wildman–Crippen LogP) is 3.39. The third-order valence-electron chi connectivity index (χ3n) is 6.52. The number of rotatable bonds is 0. The molecule has 0 aromatic heterocycles. The minimum atomic E-state index is -0.111. The van der Waals surface area contributed by atoms with Crippen LogP contribution in [-0.2, 0) is 0 Å². The Morgan fingerprint density at radius 3 is 2.75 bits per heavy atom. The van der Waals surface area contributed by atoms with Gasteiger partial charge in [-0.15, -0.1) is 0 Å². The Hall–Kier alpha value is -0.300. The van der Waals surface area contributed by atoms with Gasteiger partial charge in [0.2, 0.25) is 0 Å². The summed E-state index contributed by atoms with van der Waals surface area (Å²) < 4.78 is 0. The molecule has 2 saturated carbocycles. The summed E-state index contributed by atoms with van der Waals surface area (Å²) in [7, 11) is 0. The first-order valence-electron chi connectivity index (χ1n) is 6.81. The molecule has 6 atom stereocenters. The Morgan fingerprint density at radius 2 is 2.06 bits per heavy atom. The van der Waals surface area contributed by atoms with Crippen molar-refractivity contribution >= 4 is 0 Å². The van der Waals surface area contributed by atoms with Crippen LogP contribution < -0.4 is 0 Å². The molecular formula is C15H24O. The standard InChI is InChI=1S/C15H24O/c1-9-5-6-15-11(3)10(2)8-14(15,4)13(16)7-12(9)15/h8-9,11-13,16H,5-7H2,1-4H3/t9-,11-,12+,13-,14-,15-/m1/s1. The molecule has 3 aliphatic carbocycles. The van der Waals surface area contributed by atoms with Gasteiger partial charge in [0.15, 0.2) is 0 Å². The van der Waals surface area contributed by atoms with E-state index >= 15 is 0 Å². The van der Waals surface area contributed by atoms with Crippen molar-refractivity contribution in [2.45, 2.75) is 53.1 Å². The fraction of sp³-hybridized carbons (Fsp3) is 0.867. The maximum atomic E-state index is 10.5. The molecular weight excluding hydrogens is 196 g/mol. The summed E-state index contributed by atoms with van der Waals surface area (Å²) >= 11 is 0. The lowest BCUT2D eigenvalue weighted by atomic mass is 9.61. The zero-order valence-corrected chi connectivity index (χ0v) is 11.0. The van der Waals surface area contributed by atoms with Crippen LogP contribution in [0.25, 0.3) is 0 Å². The third-order valence-corrected chi connectivity index (χ3v) is 6.52. The van der Waals surface area contributed by atoms with Crippen molar-refractivity contribution in [2.75, 3.05) is 0 Å². The summed E-state index contributed by atoms with van der Waals surface area (Å²) in [6.45, 7) is 9.34. The molecule has 1 N–H and O–H groups in total. The number of aliphatic hydroxyl groups is 1. The first-order valence-corrected chi connectivity index (χ1v) is 6.81. The molecule has 0 bridgehead atoms. The largest absolute Gasteiger partial charge is 0.392 e. The van der Waals surface area contributed by atoms with E-state index in [2.05, 4.69) is 33.8 Å². The summed E-state index contributed by atoms with van der Waals surface area (Å²) in [6.07, 6.45) is 6.01. The van der Waals surface area contributed by atoms with Crippen molar-refractivity contribution in [2.24, 2.45) is 28.6 Å². The van der Waals surface area contributed by atoms with Gasteiger partial charge in [0.25, 0.3) is 0 Å². The summed E-state index contributed by atoms with van der Waals surface area (Å²) in [5.74, 6) is 2.22. The summed E-state index contributed by atoms with van der Waals surface area (Å²) in [6, 6.07) is 0. The van der Waals surface area contributed by atoms with Gasteiger partial charge in [0.05, 0.1) is 6.10 Å². The second-order valence-electron chi connectivity index (χ2n) is 6.81. The molecule has 3 rings (SSSR count). The molecule has 0 saturated heterocycles. The molecule has 90 valence electrons. The molecule has 0 heterocycles. The van der Waals surface area contributed by atoms with Crippen LogP contribution in [-0.4, -0.2) is 11.2 Å². The lowest BCUT2D eigenvalue weighted by molar-refractivity contribution is 0.0115. The minimum Gasteiger partial charge on any atom is -0.392 e. The lowest BCUT2D eigenvalue weighted by Gasteiger charge is -2.43. The fourth-order valence-electron chi connectivity index (χ4n) is 5.51. The summed E-state index contributed by atoms with van der Waals surface area (Å²) in [5.41, 5.74) is 1.96. The van der Waals surface area contributed by atoms with Crippen molar-refractivity contribution in [1.82, 2.24) is 0 Å². The van der Waals surface area contributed by atoms with E-state index in [1.54, 1.807) is 0 Å². The van der Waals surface area contributed by atoms with Gasteiger partial charge in [0.1, 0.15) is 0 Å². The van der Waals surface area contributed by atoms with Gasteiger partial charge < -0.3 is 5.11 Å². The van der Waals surface area contributed by atoms with Crippen molar-refractivity contribution in [3.63, 3.8) is 0 Å². The first kappa shape index (κ1) is 10.8. The molecule has 1 spiro atoms. The predicted molar refractivity (Wildman–Crippen MR) is 66.0 cm³/mol. The highest BCUT2D eigenvalue weighted by Gasteiger charge is 2.68. The highest BCUT2D eigenvalue weighted by molar-refractivity contribution is 5.33. The van der Waals surface area contributed by atoms with Crippen LogP contribution in [0.15, 0.2) is 11.6 Å². The zero-order valence-electron chi connectivity index (χ0n) is 11.0. The normalized spacial score (nSPS) is 59.7. The van der Waals surface area contributed by atoms with Gasteiger partial charge in [-0.1, -0.05) is 32.4 Å². The van der Waals surface area contributed by atoms with Gasteiger partial charge in [-0.3, -0.25) is 0 Å². The molecule has 0 aromatic carbocycles. The zero-order chi connectivity index (χ0) is 11.7. The van der Waals surface area contributed by atoms with E-state index in [0.717, 1.165) is 18.3 Å². The summed E-state index contributed by atoms with van der Waals surface area (Å²) in [4.78, 5) is 0. The molecule has 16 heavy (non-hydrogen) atoms. The van der Waals surface area contributed by atoms with E-state index in [9.17, 15) is 5.11 Å². The molecule has 1 nitrogen and oxygen atoms in total. The Morgan fingerprint density at radius 1 is 1.38 bits per heavy atom. The molecule has 0 aliphatic heterocycles. The van der Waals surface area contributed by atoms with E-state index < -0.39 is 0 Å². The van der Waals surface area contributed by atoms with Crippen LogP contribution in [0, 0.1) is 28.6 Å². The van der Waals surface area contributed by atoms with E-state index in [1.807, 2.05) is 0 Å². The molecule has 2 fully saturated rings. The van der Waals surface area contributed by atoms with Crippen molar-refractivity contribution in [1.29, 1.82) is 0 Å². The van der Waals surface area contributed by atoms with Crippen molar-refractivity contribution in [3.8, 4) is 0 Å². The fourth-order valence-corrected chi connectivity index (χ4v) is 5.51. The van der Waals surface area contributed by atoms with Crippen LogP contribution in [0.4, 0.5) is 0 Å². The minimum absolute atomic E-state index is 0.0614. The van der Waals surface area contributed by atoms with Crippen LogP contribution >= 0.6 is 0 Å². The molecule has 0 aromatic rings. The van der Waals surface area contributed by atoms with Crippen molar-refractivity contribution in [3.05, 3.63) is 11.6 Å². The smallest absolute Gasteiger partial charge is 0.0636 e. The Kier molecular flexibility index (Phi) is 1.98. The maximum Gasteiger partial charge on any atom is 0.0636 e. The Bertz CT molecular complexity index is 358. The maximum absolute atomic E-state index is 10.5. The first-order chi connectivity index (χ1) is 7.43. The van der Waals surface area contributed by atoms with Crippen LogP contribution in [0.1, 0.15) is 47.0 Å². The summed E-state index contributed by atoms with van der Waals surface area (Å²) in [5, 5.41) is 10.5. The van der Waals surface area contributed by atoms with Gasteiger partial charge in [-0.2, -0.15) is 0 Å². The van der Waals surface area contributed by atoms with E-state index in [1.165, 1.54) is 18.4 Å². The van der Waals surface area contributed by atoms with Crippen LogP contribution in [0.3, 0.4) is 0 Å². The highest BCUT2D eigenvalue weighted by atomic mass is 16.3. The monoisotopic (exact) mass is 220 g/mol. The number of aliphatic hydroxyl groups excluding tert-OH is 1. The lowest BCUT2D eigenvalue weighted by Crippen LogP contribution is -2.41. The van der Waals surface area contributed by atoms with E-state index in [0.29, 0.717) is 11.3 Å². The Labute approximate surface area is 98.9 Å². The third kappa shape index (κ3) is 0.895. The highest BCUT2D eigenvalue weighted by Crippen LogP contribution is 2.73. The van der Waals surface area contributed by atoms with E-state index in [4.69, 9.17) is 0 Å². The topological polar surface area (TPSA) is 20.2 Å². The molecule has 3 aliphatic rings. The molecule has 0 unspecified atom stereocenters. The van der Waals surface area contributed by atoms with Gasteiger partial charge in [0, 0.05) is 5.41 Å².